The smallest absolute Gasteiger partial charge is 0.309 e. The Morgan fingerprint density at radius 1 is 0.891 bits per heavy atom. The molecule has 2 heterocycles. The summed E-state index contributed by atoms with van der Waals surface area (Å²) in [4.78, 5) is 18.4. The van der Waals surface area contributed by atoms with Crippen LogP contribution in [0.3, 0.4) is 0 Å². The van der Waals surface area contributed by atoms with E-state index in [-0.39, 0.29) is 56.2 Å². The quantitative estimate of drug-likeness (QED) is 0.166. The van der Waals surface area contributed by atoms with Crippen molar-refractivity contribution in [3.05, 3.63) is 108 Å². The zero-order valence-electron chi connectivity index (χ0n) is 26.3. The third kappa shape index (κ3) is 8.94. The van der Waals surface area contributed by atoms with Crippen molar-refractivity contribution in [3.63, 3.8) is 0 Å². The lowest BCUT2D eigenvalue weighted by molar-refractivity contribution is -0.161. The maximum Gasteiger partial charge on any atom is 0.309 e. The predicted molar refractivity (Wildman–Crippen MR) is 172 cm³/mol. The average Bonchev–Trinajstić information content (AvgIpc) is 3.00. The molecule has 0 amide bonds. The second-order valence-corrected chi connectivity index (χ2v) is 12.4. The molecule has 0 saturated carbocycles. The second-order valence-electron chi connectivity index (χ2n) is 12.4. The van der Waals surface area contributed by atoms with Crippen LogP contribution >= 0.6 is 0 Å². The third-order valence-corrected chi connectivity index (χ3v) is 7.48. The molecule has 1 aliphatic heterocycles. The number of anilines is 3. The number of carbonyl (C=O) groups is 1. The van der Waals surface area contributed by atoms with E-state index in [1.165, 1.54) is 12.1 Å². The van der Waals surface area contributed by atoms with Gasteiger partial charge in [-0.25, -0.2) is 8.78 Å². The number of hydrogen-bond donors (Lipinski definition) is 2. The minimum Gasteiger partial charge on any atom is -0.473 e. The lowest BCUT2D eigenvalue weighted by atomic mass is 9.88. The van der Waals surface area contributed by atoms with Crippen molar-refractivity contribution in [2.24, 2.45) is 0 Å². The second kappa shape index (κ2) is 14.2. The van der Waals surface area contributed by atoms with Crippen LogP contribution in [0.1, 0.15) is 51.2 Å². The third-order valence-electron chi connectivity index (χ3n) is 7.48. The van der Waals surface area contributed by atoms with Gasteiger partial charge in [-0.15, -0.1) is 0 Å². The van der Waals surface area contributed by atoms with Gasteiger partial charge in [-0.1, -0.05) is 60.7 Å². The van der Waals surface area contributed by atoms with Gasteiger partial charge < -0.3 is 29.5 Å². The van der Waals surface area contributed by atoms with Gasteiger partial charge in [0.1, 0.15) is 30.2 Å². The summed E-state index contributed by atoms with van der Waals surface area (Å²) in [5.41, 5.74) is 0.319. The van der Waals surface area contributed by atoms with E-state index < -0.39 is 28.8 Å². The molecule has 10 heteroatoms. The van der Waals surface area contributed by atoms with Crippen molar-refractivity contribution in [1.82, 2.24) is 4.98 Å². The number of halogens is 2. The molecule has 1 aliphatic rings. The van der Waals surface area contributed by atoms with Gasteiger partial charge in [0.05, 0.1) is 12.0 Å². The summed E-state index contributed by atoms with van der Waals surface area (Å²) in [6.45, 7) is 6.15. The minimum absolute atomic E-state index is 0.164. The Labute approximate surface area is 267 Å². The number of nitrogens with one attached hydrogen (secondary N) is 1. The van der Waals surface area contributed by atoms with Crippen LogP contribution in [0.5, 0.6) is 11.8 Å². The normalized spacial score (nSPS) is 14.4. The number of ether oxygens (including phenoxy) is 3. The summed E-state index contributed by atoms with van der Waals surface area (Å²) in [5.74, 6) is -1.49. The number of aromatic nitrogens is 1. The van der Waals surface area contributed by atoms with Crippen LogP contribution in [-0.2, 0) is 22.7 Å². The van der Waals surface area contributed by atoms with E-state index in [9.17, 15) is 9.90 Å². The van der Waals surface area contributed by atoms with Gasteiger partial charge in [0.15, 0.2) is 11.6 Å². The molecular weight excluding hydrogens is 592 g/mol. The first-order chi connectivity index (χ1) is 22.0. The Morgan fingerprint density at radius 3 is 2.02 bits per heavy atom. The van der Waals surface area contributed by atoms with E-state index >= 15 is 8.78 Å². The van der Waals surface area contributed by atoms with Crippen LogP contribution < -0.4 is 19.7 Å². The van der Waals surface area contributed by atoms with Crippen molar-refractivity contribution in [1.29, 1.82) is 0 Å². The summed E-state index contributed by atoms with van der Waals surface area (Å²) in [6, 6.07) is 25.0. The van der Waals surface area contributed by atoms with E-state index in [1.54, 1.807) is 37.8 Å². The number of nitrogens with zero attached hydrogens (tertiary/aromatic N) is 2. The van der Waals surface area contributed by atoms with Gasteiger partial charge in [-0.2, -0.15) is 4.98 Å². The molecule has 2 N–H and O–H groups in total. The Balaban J connectivity index is 1.29. The van der Waals surface area contributed by atoms with Crippen molar-refractivity contribution in [2.45, 2.75) is 64.4 Å². The highest BCUT2D eigenvalue weighted by atomic mass is 19.1. The highest BCUT2D eigenvalue weighted by Gasteiger charge is 2.37. The molecule has 46 heavy (non-hydrogen) atoms. The predicted octanol–water partition coefficient (Wildman–Crippen LogP) is 7.32. The van der Waals surface area contributed by atoms with Crippen LogP contribution in [0.15, 0.2) is 84.9 Å². The van der Waals surface area contributed by atoms with Crippen LogP contribution in [-0.4, -0.2) is 40.4 Å². The van der Waals surface area contributed by atoms with Crippen molar-refractivity contribution >= 4 is 23.0 Å². The van der Waals surface area contributed by atoms with Gasteiger partial charge in [-0.3, -0.25) is 4.79 Å². The number of benzene rings is 3. The Hall–Kier alpha value is -4.70. The van der Waals surface area contributed by atoms with Gasteiger partial charge >= 0.3 is 5.97 Å². The molecule has 8 nitrogen and oxygen atoms in total. The number of carbonyl (C=O) groups excluding carboxylic acids is 1. The molecule has 1 aromatic heterocycles. The topological polar surface area (TPSA) is 93.2 Å². The molecular formula is C36H39F2N3O5. The summed E-state index contributed by atoms with van der Waals surface area (Å²) >= 11 is 0. The Bertz CT molecular complexity index is 1600. The lowest BCUT2D eigenvalue weighted by Gasteiger charge is -2.39. The first-order valence-electron chi connectivity index (χ1n) is 15.3. The Kier molecular flexibility index (Phi) is 10.1. The Morgan fingerprint density at radius 2 is 1.46 bits per heavy atom. The molecule has 4 aromatic rings. The van der Waals surface area contributed by atoms with E-state index in [1.807, 2.05) is 60.7 Å². The molecule has 0 aliphatic carbocycles. The molecule has 0 unspecified atom stereocenters. The molecule has 1 fully saturated rings. The lowest BCUT2D eigenvalue weighted by Crippen LogP contribution is -2.46. The molecule has 0 spiro atoms. The zero-order chi connectivity index (χ0) is 32.7. The van der Waals surface area contributed by atoms with E-state index in [0.717, 1.165) is 11.1 Å². The maximum atomic E-state index is 15.5. The number of esters is 1. The SMILES string of the molecule is CC(C)(C)OC(=O)CC1(O)CCN(c2c(F)cc(Nc3ccc(OCc4ccccc4)nc3OCc3ccccc3)cc2F)CC1. The van der Waals surface area contributed by atoms with Gasteiger partial charge in [0, 0.05) is 24.8 Å². The van der Waals surface area contributed by atoms with E-state index in [2.05, 4.69) is 10.3 Å². The van der Waals surface area contributed by atoms with Crippen LogP contribution in [0.2, 0.25) is 0 Å². The molecule has 1 saturated heterocycles. The van der Waals surface area contributed by atoms with Crippen molar-refractivity contribution in [3.8, 4) is 11.8 Å². The fraction of sp³-hybridized carbons (Fsp3) is 0.333. The van der Waals surface area contributed by atoms with E-state index in [4.69, 9.17) is 14.2 Å². The fourth-order valence-corrected chi connectivity index (χ4v) is 5.23. The summed E-state index contributed by atoms with van der Waals surface area (Å²) in [5, 5.41) is 14.0. The average molecular weight is 632 g/mol. The summed E-state index contributed by atoms with van der Waals surface area (Å²) < 4.78 is 48.2. The first kappa shape index (κ1) is 32.7. The van der Waals surface area contributed by atoms with Gasteiger partial charge in [0.25, 0.3) is 0 Å². The number of aliphatic hydroxyl groups is 1. The largest absolute Gasteiger partial charge is 0.473 e. The zero-order valence-corrected chi connectivity index (χ0v) is 26.3. The van der Waals surface area contributed by atoms with Crippen molar-refractivity contribution < 1.29 is 32.9 Å². The number of hydrogen-bond acceptors (Lipinski definition) is 8. The molecule has 0 radical (unpaired) electrons. The molecule has 3 aromatic carbocycles. The van der Waals surface area contributed by atoms with Crippen LogP contribution in [0.4, 0.5) is 25.8 Å². The molecule has 0 atom stereocenters. The van der Waals surface area contributed by atoms with Crippen LogP contribution in [0, 0.1) is 11.6 Å². The molecule has 242 valence electrons. The van der Waals surface area contributed by atoms with Gasteiger partial charge in [-0.05, 0) is 62.9 Å². The standard InChI is InChI=1S/C36H39F2N3O5/c1-35(2,3)46-32(42)22-36(43)16-18-41(19-17-36)33-28(37)20-27(21-29(33)38)39-30-14-15-31(44-23-25-10-6-4-7-11-25)40-34(30)45-24-26-12-8-5-9-13-26/h4-15,20-21,39,43H,16-19,22-24H2,1-3H3. The summed E-state index contributed by atoms with van der Waals surface area (Å²) in [6.07, 6.45) is 0.153. The first-order valence-corrected chi connectivity index (χ1v) is 15.3. The molecule has 0 bridgehead atoms. The molecule has 5 rings (SSSR count). The highest BCUT2D eigenvalue weighted by Crippen LogP contribution is 2.36. The van der Waals surface area contributed by atoms with Crippen LogP contribution in [0.25, 0.3) is 0 Å². The fourth-order valence-electron chi connectivity index (χ4n) is 5.23. The summed E-state index contributed by atoms with van der Waals surface area (Å²) in [7, 11) is 0. The maximum absolute atomic E-state index is 15.5. The monoisotopic (exact) mass is 631 g/mol. The number of piperidine rings is 1. The minimum atomic E-state index is -1.30. The number of rotatable bonds is 11. The van der Waals surface area contributed by atoms with E-state index in [0.29, 0.717) is 18.2 Å². The van der Waals surface area contributed by atoms with Gasteiger partial charge in [0.2, 0.25) is 11.8 Å². The number of pyridine rings is 1. The highest BCUT2D eigenvalue weighted by molar-refractivity contribution is 5.71. The van der Waals surface area contributed by atoms with Crippen molar-refractivity contribution in [2.75, 3.05) is 23.3 Å².